The second-order valence-corrected chi connectivity index (χ2v) is 5.73. The van der Waals surface area contributed by atoms with Crippen molar-refractivity contribution in [3.8, 4) is 6.07 Å². The number of rotatable bonds is 8. The number of halogens is 2. The van der Waals surface area contributed by atoms with Crippen LogP contribution in [0, 0.1) is 17.1 Å². The van der Waals surface area contributed by atoms with Gasteiger partial charge in [-0.3, -0.25) is 0 Å². The molecule has 0 aliphatic rings. The van der Waals surface area contributed by atoms with Crippen LogP contribution < -0.4 is 10.6 Å². The number of aliphatic imine (C=N–C) groups is 1. The van der Waals surface area contributed by atoms with Crippen LogP contribution in [-0.4, -0.2) is 31.1 Å². The SMILES string of the molecule is CCNC(=NCc1cc(C#N)ccc1F)NCCCCSC.I. The van der Waals surface area contributed by atoms with E-state index in [-0.39, 0.29) is 36.3 Å². The smallest absolute Gasteiger partial charge is 0.191 e. The predicted octanol–water partition coefficient (Wildman–Crippen LogP) is 3.51. The van der Waals surface area contributed by atoms with Gasteiger partial charge in [0, 0.05) is 18.7 Å². The lowest BCUT2D eigenvalue weighted by Gasteiger charge is -2.11. The van der Waals surface area contributed by atoms with Crippen molar-refractivity contribution < 1.29 is 4.39 Å². The highest BCUT2D eigenvalue weighted by atomic mass is 127. The molecule has 0 amide bonds. The molecule has 0 aromatic heterocycles. The number of benzene rings is 1. The molecular weight excluding hydrogens is 426 g/mol. The fraction of sp³-hybridized carbons (Fsp3) is 0.500. The lowest BCUT2D eigenvalue weighted by molar-refractivity contribution is 0.610. The number of nitriles is 1. The Labute approximate surface area is 159 Å². The van der Waals surface area contributed by atoms with E-state index in [4.69, 9.17) is 5.26 Å². The Bertz CT molecular complexity index is 531. The lowest BCUT2D eigenvalue weighted by atomic mass is 10.1. The van der Waals surface area contributed by atoms with E-state index in [2.05, 4.69) is 21.9 Å². The Kier molecular flexibility index (Phi) is 12.8. The third kappa shape index (κ3) is 9.01. The first-order valence-electron chi connectivity index (χ1n) is 7.41. The summed E-state index contributed by atoms with van der Waals surface area (Å²) in [5.74, 6) is 1.49. The highest BCUT2D eigenvalue weighted by molar-refractivity contribution is 14.0. The van der Waals surface area contributed by atoms with Crippen molar-refractivity contribution in [3.05, 3.63) is 35.1 Å². The quantitative estimate of drug-likeness (QED) is 0.276. The van der Waals surface area contributed by atoms with E-state index < -0.39 is 0 Å². The largest absolute Gasteiger partial charge is 0.357 e. The number of nitrogens with one attached hydrogen (secondary N) is 2. The summed E-state index contributed by atoms with van der Waals surface area (Å²) in [6, 6.07) is 6.34. The van der Waals surface area contributed by atoms with Crippen LogP contribution in [0.3, 0.4) is 0 Å². The zero-order valence-corrected chi connectivity index (χ0v) is 16.7. The summed E-state index contributed by atoms with van der Waals surface area (Å²) >= 11 is 1.84. The van der Waals surface area contributed by atoms with Gasteiger partial charge in [0.1, 0.15) is 5.82 Å². The zero-order chi connectivity index (χ0) is 16.2. The van der Waals surface area contributed by atoms with Crippen molar-refractivity contribution in [2.75, 3.05) is 25.1 Å². The number of unbranched alkanes of at least 4 members (excludes halogenated alkanes) is 1. The Balaban J connectivity index is 0.00000484. The van der Waals surface area contributed by atoms with Gasteiger partial charge in [-0.05, 0) is 50.0 Å². The van der Waals surface area contributed by atoms with Gasteiger partial charge in [0.2, 0.25) is 0 Å². The van der Waals surface area contributed by atoms with Crippen LogP contribution in [-0.2, 0) is 6.54 Å². The maximum absolute atomic E-state index is 13.7. The van der Waals surface area contributed by atoms with Crippen LogP contribution in [0.15, 0.2) is 23.2 Å². The predicted molar refractivity (Wildman–Crippen MR) is 107 cm³/mol. The van der Waals surface area contributed by atoms with E-state index in [1.54, 1.807) is 6.07 Å². The molecule has 0 atom stereocenters. The molecule has 0 heterocycles. The molecule has 7 heteroatoms. The van der Waals surface area contributed by atoms with Crippen LogP contribution >= 0.6 is 35.7 Å². The summed E-state index contributed by atoms with van der Waals surface area (Å²) in [6.45, 7) is 3.79. The molecule has 0 aliphatic carbocycles. The normalized spacial score (nSPS) is 10.6. The molecule has 1 aromatic carbocycles. The molecule has 0 unspecified atom stereocenters. The Morgan fingerprint density at radius 3 is 2.78 bits per heavy atom. The van der Waals surface area contributed by atoms with Crippen molar-refractivity contribution in [3.63, 3.8) is 0 Å². The molecule has 2 N–H and O–H groups in total. The van der Waals surface area contributed by atoms with Crippen molar-refractivity contribution in [2.45, 2.75) is 26.3 Å². The van der Waals surface area contributed by atoms with Gasteiger partial charge in [0.25, 0.3) is 0 Å². The maximum atomic E-state index is 13.7. The second-order valence-electron chi connectivity index (χ2n) is 4.74. The summed E-state index contributed by atoms with van der Waals surface area (Å²) in [7, 11) is 0. The topological polar surface area (TPSA) is 60.2 Å². The van der Waals surface area contributed by atoms with Crippen LogP contribution in [0.25, 0.3) is 0 Å². The first-order valence-corrected chi connectivity index (χ1v) is 8.80. The van der Waals surface area contributed by atoms with E-state index in [1.165, 1.54) is 12.1 Å². The van der Waals surface area contributed by atoms with Gasteiger partial charge in [0.05, 0.1) is 18.2 Å². The molecule has 23 heavy (non-hydrogen) atoms. The average Bonchev–Trinajstić information content (AvgIpc) is 2.53. The molecule has 0 saturated carbocycles. The molecule has 0 aliphatic heterocycles. The maximum Gasteiger partial charge on any atom is 0.191 e. The number of hydrogen-bond donors (Lipinski definition) is 2. The second kappa shape index (κ2) is 13.4. The number of nitrogens with zero attached hydrogens (tertiary/aromatic N) is 2. The molecule has 0 spiro atoms. The molecule has 4 nitrogen and oxygen atoms in total. The van der Waals surface area contributed by atoms with E-state index >= 15 is 0 Å². The molecule has 1 rings (SSSR count). The monoisotopic (exact) mass is 450 g/mol. The Morgan fingerprint density at radius 2 is 2.13 bits per heavy atom. The van der Waals surface area contributed by atoms with Crippen molar-refractivity contribution in [2.24, 2.45) is 4.99 Å². The van der Waals surface area contributed by atoms with E-state index in [0.29, 0.717) is 17.1 Å². The first kappa shape index (κ1) is 22.0. The summed E-state index contributed by atoms with van der Waals surface area (Å²) in [4.78, 5) is 4.38. The van der Waals surface area contributed by atoms with Gasteiger partial charge < -0.3 is 10.6 Å². The fourth-order valence-electron chi connectivity index (χ4n) is 1.85. The van der Waals surface area contributed by atoms with Gasteiger partial charge in [0.15, 0.2) is 5.96 Å². The van der Waals surface area contributed by atoms with Gasteiger partial charge in [-0.1, -0.05) is 0 Å². The van der Waals surface area contributed by atoms with E-state index in [9.17, 15) is 4.39 Å². The van der Waals surface area contributed by atoms with E-state index in [1.807, 2.05) is 24.8 Å². The third-order valence-electron chi connectivity index (χ3n) is 2.99. The highest BCUT2D eigenvalue weighted by Crippen LogP contribution is 2.11. The lowest BCUT2D eigenvalue weighted by Crippen LogP contribution is -2.37. The first-order chi connectivity index (χ1) is 10.7. The molecule has 0 fully saturated rings. The number of hydrogen-bond acceptors (Lipinski definition) is 3. The third-order valence-corrected chi connectivity index (χ3v) is 3.69. The standard InChI is InChI=1S/C16H23FN4S.HI/c1-3-19-16(20-8-4-5-9-22-2)21-12-14-10-13(11-18)6-7-15(14)17;/h6-7,10H,3-5,8-9,12H2,1-2H3,(H2,19,20,21);1H. The van der Waals surface area contributed by atoms with Crippen molar-refractivity contribution in [1.82, 2.24) is 10.6 Å². The molecular formula is C16H24FIN4S. The Morgan fingerprint density at radius 1 is 1.35 bits per heavy atom. The Hall–Kier alpha value is -1.01. The summed E-state index contributed by atoms with van der Waals surface area (Å²) in [5.41, 5.74) is 0.875. The van der Waals surface area contributed by atoms with Crippen LogP contribution in [0.5, 0.6) is 0 Å². The van der Waals surface area contributed by atoms with Gasteiger partial charge >= 0.3 is 0 Å². The van der Waals surface area contributed by atoms with Crippen LogP contribution in [0.4, 0.5) is 4.39 Å². The van der Waals surface area contributed by atoms with Crippen molar-refractivity contribution in [1.29, 1.82) is 5.26 Å². The van der Waals surface area contributed by atoms with Crippen LogP contribution in [0.1, 0.15) is 30.9 Å². The fourth-order valence-corrected chi connectivity index (χ4v) is 2.34. The average molecular weight is 450 g/mol. The summed E-state index contributed by atoms with van der Waals surface area (Å²) in [6.07, 6.45) is 4.33. The van der Waals surface area contributed by atoms with Gasteiger partial charge in [-0.2, -0.15) is 17.0 Å². The zero-order valence-electron chi connectivity index (χ0n) is 13.6. The molecule has 0 radical (unpaired) electrons. The van der Waals surface area contributed by atoms with Gasteiger partial charge in [-0.25, -0.2) is 9.38 Å². The van der Waals surface area contributed by atoms with E-state index in [0.717, 1.165) is 31.7 Å². The molecule has 1 aromatic rings. The minimum atomic E-state index is -0.335. The van der Waals surface area contributed by atoms with Gasteiger partial charge in [-0.15, -0.1) is 24.0 Å². The minimum absolute atomic E-state index is 0. The number of thioether (sulfide) groups is 1. The molecule has 128 valence electrons. The molecule has 0 bridgehead atoms. The van der Waals surface area contributed by atoms with Crippen LogP contribution in [0.2, 0.25) is 0 Å². The summed E-state index contributed by atoms with van der Waals surface area (Å²) < 4.78 is 13.7. The number of guanidine groups is 1. The van der Waals surface area contributed by atoms with Crippen molar-refractivity contribution >= 4 is 41.7 Å². The molecule has 0 saturated heterocycles. The highest BCUT2D eigenvalue weighted by Gasteiger charge is 2.04. The minimum Gasteiger partial charge on any atom is -0.357 e. The summed E-state index contributed by atoms with van der Waals surface area (Å²) in [5, 5.41) is 15.2.